The fourth-order valence-corrected chi connectivity index (χ4v) is 3.88. The summed E-state index contributed by atoms with van der Waals surface area (Å²) in [6.45, 7) is 1.40. The normalized spacial score (nSPS) is 11.1. The van der Waals surface area contributed by atoms with E-state index in [4.69, 9.17) is 9.72 Å². The highest BCUT2D eigenvalue weighted by molar-refractivity contribution is 7.22. The van der Waals surface area contributed by atoms with Crippen LogP contribution in [0, 0.1) is 0 Å². The number of hydrogen-bond acceptors (Lipinski definition) is 5. The van der Waals surface area contributed by atoms with Gasteiger partial charge in [-0.25, -0.2) is 4.98 Å². The zero-order valence-corrected chi connectivity index (χ0v) is 16.8. The van der Waals surface area contributed by atoms with E-state index < -0.39 is 0 Å². The van der Waals surface area contributed by atoms with Crippen molar-refractivity contribution in [2.45, 2.75) is 12.8 Å². The van der Waals surface area contributed by atoms with Crippen LogP contribution in [-0.4, -0.2) is 50.1 Å². The third-order valence-corrected chi connectivity index (χ3v) is 5.41. The number of anilines is 1. The van der Waals surface area contributed by atoms with Gasteiger partial charge in [0, 0.05) is 19.5 Å². The number of aromatic nitrogens is 1. The Labute approximate surface area is 164 Å². The lowest BCUT2D eigenvalue weighted by atomic mass is 10.1. The van der Waals surface area contributed by atoms with Crippen LogP contribution < -0.4 is 9.64 Å². The maximum Gasteiger partial charge on any atom is 0.229 e. The topological polar surface area (TPSA) is 45.7 Å². The average molecular weight is 384 g/mol. The van der Waals surface area contributed by atoms with Crippen LogP contribution >= 0.6 is 11.3 Å². The second-order valence-electron chi connectivity index (χ2n) is 6.64. The Morgan fingerprint density at radius 1 is 1.07 bits per heavy atom. The van der Waals surface area contributed by atoms with E-state index in [1.54, 1.807) is 7.11 Å². The number of aryl methyl sites for hydroxylation is 1. The number of carbonyl (C=O) groups is 1. The van der Waals surface area contributed by atoms with Crippen LogP contribution in [0.1, 0.15) is 12.0 Å². The van der Waals surface area contributed by atoms with Crippen LogP contribution in [0.15, 0.2) is 48.5 Å². The maximum absolute atomic E-state index is 13.0. The standard InChI is InChI=1S/C21H25N3O2S/c1-23(2)14-15-24(19(25)13-12-16-8-5-4-6-9-16)21-22-20-17(26-3)10-7-11-18(20)27-21/h4-11H,12-15H2,1-3H3. The van der Waals surface area contributed by atoms with E-state index in [1.807, 2.05) is 55.4 Å². The highest BCUT2D eigenvalue weighted by atomic mass is 32.1. The van der Waals surface area contributed by atoms with Crippen LogP contribution in [0.2, 0.25) is 0 Å². The lowest BCUT2D eigenvalue weighted by molar-refractivity contribution is -0.118. The minimum atomic E-state index is 0.0960. The van der Waals surface area contributed by atoms with E-state index in [0.29, 0.717) is 13.0 Å². The van der Waals surface area contributed by atoms with E-state index >= 15 is 0 Å². The summed E-state index contributed by atoms with van der Waals surface area (Å²) in [6.07, 6.45) is 1.19. The first-order chi connectivity index (χ1) is 13.1. The van der Waals surface area contributed by atoms with Gasteiger partial charge in [-0.1, -0.05) is 47.7 Å². The van der Waals surface area contributed by atoms with Crippen molar-refractivity contribution in [1.29, 1.82) is 0 Å². The number of carbonyl (C=O) groups excluding carboxylic acids is 1. The van der Waals surface area contributed by atoms with Gasteiger partial charge in [0.2, 0.25) is 5.91 Å². The van der Waals surface area contributed by atoms with Crippen LogP contribution in [0.5, 0.6) is 5.75 Å². The van der Waals surface area contributed by atoms with Gasteiger partial charge in [0.15, 0.2) is 5.13 Å². The zero-order valence-electron chi connectivity index (χ0n) is 16.0. The average Bonchev–Trinajstić information content (AvgIpc) is 3.11. The Balaban J connectivity index is 1.83. The lowest BCUT2D eigenvalue weighted by Gasteiger charge is -2.22. The van der Waals surface area contributed by atoms with E-state index in [0.717, 1.165) is 34.1 Å². The van der Waals surface area contributed by atoms with E-state index in [9.17, 15) is 4.79 Å². The number of para-hydroxylation sites is 1. The maximum atomic E-state index is 13.0. The quantitative estimate of drug-likeness (QED) is 0.593. The molecule has 0 bridgehead atoms. The van der Waals surface area contributed by atoms with Gasteiger partial charge in [-0.15, -0.1) is 0 Å². The highest BCUT2D eigenvalue weighted by Crippen LogP contribution is 2.34. The largest absolute Gasteiger partial charge is 0.494 e. The molecule has 27 heavy (non-hydrogen) atoms. The number of amides is 1. The first-order valence-corrected chi connectivity index (χ1v) is 9.82. The van der Waals surface area contributed by atoms with Gasteiger partial charge in [-0.05, 0) is 38.2 Å². The molecule has 1 heterocycles. The molecule has 0 aliphatic heterocycles. The number of likely N-dealkylation sites (N-methyl/N-ethyl adjacent to an activating group) is 1. The molecule has 0 aliphatic rings. The molecule has 0 atom stereocenters. The number of hydrogen-bond donors (Lipinski definition) is 0. The summed E-state index contributed by atoms with van der Waals surface area (Å²) in [5, 5.41) is 0.731. The predicted octanol–water partition coefficient (Wildman–Crippen LogP) is 3.83. The monoisotopic (exact) mass is 383 g/mol. The summed E-state index contributed by atoms with van der Waals surface area (Å²) in [6, 6.07) is 16.0. The Hall–Kier alpha value is -2.44. The predicted molar refractivity (Wildman–Crippen MR) is 112 cm³/mol. The minimum Gasteiger partial charge on any atom is -0.494 e. The number of methoxy groups -OCH3 is 1. The third kappa shape index (κ3) is 4.84. The number of fused-ring (bicyclic) bond motifs is 1. The summed E-state index contributed by atoms with van der Waals surface area (Å²) in [5.41, 5.74) is 1.98. The van der Waals surface area contributed by atoms with E-state index in [1.165, 1.54) is 16.9 Å². The number of ether oxygens (including phenoxy) is 1. The SMILES string of the molecule is COc1cccc2sc(N(CCN(C)C)C(=O)CCc3ccccc3)nc12. The second-order valence-corrected chi connectivity index (χ2v) is 7.65. The van der Waals surface area contributed by atoms with Gasteiger partial charge in [0.05, 0.1) is 11.8 Å². The highest BCUT2D eigenvalue weighted by Gasteiger charge is 2.20. The molecule has 6 heteroatoms. The lowest BCUT2D eigenvalue weighted by Crippen LogP contribution is -2.36. The van der Waals surface area contributed by atoms with Crippen molar-refractivity contribution < 1.29 is 9.53 Å². The first kappa shape index (κ1) is 19.3. The molecule has 1 aromatic heterocycles. The number of benzene rings is 2. The molecule has 0 aliphatic carbocycles. The molecule has 1 amide bonds. The Kier molecular flexibility index (Phi) is 6.42. The summed E-state index contributed by atoms with van der Waals surface area (Å²) in [5.74, 6) is 0.832. The molecule has 0 unspecified atom stereocenters. The van der Waals surface area contributed by atoms with Crippen LogP contribution in [0.4, 0.5) is 5.13 Å². The molecule has 0 fully saturated rings. The smallest absolute Gasteiger partial charge is 0.229 e. The van der Waals surface area contributed by atoms with Crippen molar-refractivity contribution in [1.82, 2.24) is 9.88 Å². The van der Waals surface area contributed by atoms with Crippen molar-refractivity contribution in [3.63, 3.8) is 0 Å². The van der Waals surface area contributed by atoms with Crippen molar-refractivity contribution in [2.24, 2.45) is 0 Å². The Morgan fingerprint density at radius 2 is 1.85 bits per heavy atom. The van der Waals surface area contributed by atoms with Gasteiger partial charge >= 0.3 is 0 Å². The molecule has 0 N–H and O–H groups in total. The molecule has 3 aromatic rings. The van der Waals surface area contributed by atoms with Gasteiger partial charge in [-0.2, -0.15) is 0 Å². The minimum absolute atomic E-state index is 0.0960. The molecule has 142 valence electrons. The van der Waals surface area contributed by atoms with Gasteiger partial charge in [0.25, 0.3) is 0 Å². The molecule has 0 radical (unpaired) electrons. The number of rotatable bonds is 8. The molecule has 0 saturated carbocycles. The summed E-state index contributed by atoms with van der Waals surface area (Å²) < 4.78 is 6.44. The second kappa shape index (κ2) is 8.97. The van der Waals surface area contributed by atoms with Crippen molar-refractivity contribution in [3.05, 3.63) is 54.1 Å². The van der Waals surface area contributed by atoms with Crippen LogP contribution in [0.25, 0.3) is 10.2 Å². The molecular formula is C21H25N3O2S. The van der Waals surface area contributed by atoms with E-state index in [2.05, 4.69) is 17.0 Å². The van der Waals surface area contributed by atoms with Gasteiger partial charge in [0.1, 0.15) is 11.3 Å². The fraction of sp³-hybridized carbons (Fsp3) is 0.333. The van der Waals surface area contributed by atoms with Gasteiger partial charge < -0.3 is 9.64 Å². The molecule has 0 spiro atoms. The summed E-state index contributed by atoms with van der Waals surface area (Å²) >= 11 is 1.53. The first-order valence-electron chi connectivity index (χ1n) is 9.01. The molecule has 3 rings (SSSR count). The molecular weight excluding hydrogens is 358 g/mol. The van der Waals surface area contributed by atoms with Crippen LogP contribution in [-0.2, 0) is 11.2 Å². The third-order valence-electron chi connectivity index (χ3n) is 4.36. The zero-order chi connectivity index (χ0) is 19.2. The van der Waals surface area contributed by atoms with Crippen molar-refractivity contribution >= 4 is 32.6 Å². The number of thiazole rings is 1. The molecule has 5 nitrogen and oxygen atoms in total. The molecule has 0 saturated heterocycles. The van der Waals surface area contributed by atoms with Crippen molar-refractivity contribution in [2.75, 3.05) is 39.2 Å². The Bertz CT molecular complexity index is 893. The summed E-state index contributed by atoms with van der Waals surface area (Å²) in [4.78, 5) is 21.6. The fourth-order valence-electron chi connectivity index (χ4n) is 2.85. The van der Waals surface area contributed by atoms with Gasteiger partial charge in [-0.3, -0.25) is 9.69 Å². The van der Waals surface area contributed by atoms with Crippen molar-refractivity contribution in [3.8, 4) is 5.75 Å². The van der Waals surface area contributed by atoms with E-state index in [-0.39, 0.29) is 5.91 Å². The number of nitrogens with zero attached hydrogens (tertiary/aromatic N) is 3. The van der Waals surface area contributed by atoms with Crippen LogP contribution in [0.3, 0.4) is 0 Å². The summed E-state index contributed by atoms with van der Waals surface area (Å²) in [7, 11) is 5.66. The Morgan fingerprint density at radius 3 is 2.56 bits per heavy atom. The molecule has 2 aromatic carbocycles.